The molecule has 1 aliphatic rings. The Morgan fingerprint density at radius 3 is 2.69 bits per heavy atom. The number of hydrogen-bond acceptors (Lipinski definition) is 5. The maximum atomic E-state index is 12.9. The average molecular weight is 419 g/mol. The summed E-state index contributed by atoms with van der Waals surface area (Å²) in [6, 6.07) is 9.22. The summed E-state index contributed by atoms with van der Waals surface area (Å²) in [7, 11) is 0. The number of aromatic nitrogens is 4. The SMILES string of the molecule is O=C(C(CO)c1ccccc1)N1Cc2cn(Sc3cnn(CC(F)F)c3)nc2C1. The summed E-state index contributed by atoms with van der Waals surface area (Å²) in [5, 5.41) is 18.1. The summed E-state index contributed by atoms with van der Waals surface area (Å²) in [4.78, 5) is 15.2. The van der Waals surface area contributed by atoms with E-state index in [9.17, 15) is 18.7 Å². The predicted molar refractivity (Wildman–Crippen MR) is 102 cm³/mol. The minimum Gasteiger partial charge on any atom is -0.395 e. The molecule has 1 unspecified atom stereocenters. The van der Waals surface area contributed by atoms with Gasteiger partial charge in [0.05, 0.1) is 35.9 Å². The molecule has 0 fully saturated rings. The van der Waals surface area contributed by atoms with Crippen molar-refractivity contribution in [3.8, 4) is 0 Å². The van der Waals surface area contributed by atoms with Crippen LogP contribution in [0.1, 0.15) is 22.7 Å². The van der Waals surface area contributed by atoms with Crippen LogP contribution in [0.15, 0.2) is 53.8 Å². The van der Waals surface area contributed by atoms with Gasteiger partial charge in [-0.3, -0.25) is 9.48 Å². The Bertz CT molecular complexity index is 968. The van der Waals surface area contributed by atoms with Crippen LogP contribution in [0, 0.1) is 0 Å². The number of benzene rings is 1. The molecule has 3 aromatic rings. The minimum atomic E-state index is -2.46. The second kappa shape index (κ2) is 8.34. The van der Waals surface area contributed by atoms with Gasteiger partial charge in [0, 0.05) is 36.4 Å². The molecule has 0 spiro atoms. The van der Waals surface area contributed by atoms with Crippen molar-refractivity contribution in [2.75, 3.05) is 6.61 Å². The van der Waals surface area contributed by atoms with Crippen molar-refractivity contribution >= 4 is 17.9 Å². The van der Waals surface area contributed by atoms with Gasteiger partial charge < -0.3 is 10.0 Å². The Kier molecular flexibility index (Phi) is 5.63. The number of aliphatic hydroxyl groups excluding tert-OH is 1. The topological polar surface area (TPSA) is 76.2 Å². The molecule has 1 aliphatic heterocycles. The van der Waals surface area contributed by atoms with Crippen LogP contribution in [0.3, 0.4) is 0 Å². The maximum absolute atomic E-state index is 12.9. The van der Waals surface area contributed by atoms with E-state index >= 15 is 0 Å². The molecule has 0 aliphatic carbocycles. The fraction of sp³-hybridized carbons (Fsp3) is 0.316. The molecule has 7 nitrogen and oxygen atoms in total. The van der Waals surface area contributed by atoms with Crippen LogP contribution in [0.25, 0.3) is 0 Å². The summed E-state index contributed by atoms with van der Waals surface area (Å²) in [6.07, 6.45) is 2.43. The zero-order chi connectivity index (χ0) is 20.4. The Balaban J connectivity index is 1.40. The van der Waals surface area contributed by atoms with Crippen molar-refractivity contribution in [2.45, 2.75) is 36.9 Å². The lowest BCUT2D eigenvalue weighted by molar-refractivity contribution is -0.134. The van der Waals surface area contributed by atoms with Gasteiger partial charge in [-0.15, -0.1) is 0 Å². The van der Waals surface area contributed by atoms with E-state index in [4.69, 9.17) is 0 Å². The number of rotatable bonds is 7. The first-order valence-corrected chi connectivity index (χ1v) is 9.82. The largest absolute Gasteiger partial charge is 0.395 e. The summed E-state index contributed by atoms with van der Waals surface area (Å²) in [5.41, 5.74) is 2.50. The molecule has 152 valence electrons. The van der Waals surface area contributed by atoms with Gasteiger partial charge in [0.15, 0.2) is 0 Å². The third-order valence-electron chi connectivity index (χ3n) is 4.69. The van der Waals surface area contributed by atoms with Crippen LogP contribution in [0.5, 0.6) is 0 Å². The van der Waals surface area contributed by atoms with Crippen LogP contribution in [0.4, 0.5) is 8.78 Å². The lowest BCUT2D eigenvalue weighted by Gasteiger charge is -2.22. The highest BCUT2D eigenvalue weighted by Crippen LogP contribution is 2.29. The van der Waals surface area contributed by atoms with Gasteiger partial charge in [0.25, 0.3) is 6.43 Å². The standard InChI is InChI=1S/C19H19F2N5O2S/c20-18(21)11-25-9-15(6-22-25)29-26-8-14-7-24(10-17(14)23-26)19(28)16(12-27)13-4-2-1-3-5-13/h1-6,8-9,16,18,27H,7,10-12H2. The molecule has 1 amide bonds. The second-order valence-corrected chi connectivity index (χ2v) is 7.75. The van der Waals surface area contributed by atoms with E-state index in [1.54, 1.807) is 15.2 Å². The van der Waals surface area contributed by atoms with Crippen LogP contribution in [-0.4, -0.2) is 47.9 Å². The third-order valence-corrected chi connectivity index (χ3v) is 5.48. The summed E-state index contributed by atoms with van der Waals surface area (Å²) >= 11 is 1.27. The number of nitrogens with zero attached hydrogens (tertiary/aromatic N) is 5. The van der Waals surface area contributed by atoms with Crippen molar-refractivity contribution in [1.29, 1.82) is 0 Å². The van der Waals surface area contributed by atoms with E-state index in [1.165, 1.54) is 22.8 Å². The Morgan fingerprint density at radius 1 is 1.21 bits per heavy atom. The molecule has 1 N–H and O–H groups in total. The van der Waals surface area contributed by atoms with Gasteiger partial charge in [-0.25, -0.2) is 12.9 Å². The van der Waals surface area contributed by atoms with Crippen molar-refractivity contribution in [2.24, 2.45) is 0 Å². The number of carbonyl (C=O) groups excluding carboxylic acids is 1. The first kappa shape index (κ1) is 19.6. The van der Waals surface area contributed by atoms with Gasteiger partial charge in [-0.05, 0) is 5.56 Å². The molecule has 0 saturated carbocycles. The van der Waals surface area contributed by atoms with Crippen LogP contribution in [0.2, 0.25) is 0 Å². The first-order valence-electron chi connectivity index (χ1n) is 9.04. The van der Waals surface area contributed by atoms with E-state index in [-0.39, 0.29) is 12.5 Å². The highest BCUT2D eigenvalue weighted by Gasteiger charge is 2.31. The molecule has 10 heteroatoms. The quantitative estimate of drug-likeness (QED) is 0.637. The molecule has 29 heavy (non-hydrogen) atoms. The zero-order valence-electron chi connectivity index (χ0n) is 15.4. The lowest BCUT2D eigenvalue weighted by atomic mass is 9.98. The van der Waals surface area contributed by atoms with E-state index in [0.717, 1.165) is 16.8 Å². The fourth-order valence-electron chi connectivity index (χ4n) is 3.30. The van der Waals surface area contributed by atoms with Crippen molar-refractivity contribution < 1.29 is 18.7 Å². The normalized spacial score (nSPS) is 14.4. The average Bonchev–Trinajstić information content (AvgIpc) is 3.38. The molecule has 1 aromatic carbocycles. The number of aliphatic hydroxyl groups is 1. The smallest absolute Gasteiger partial charge is 0.257 e. The first-order chi connectivity index (χ1) is 14.0. The molecule has 3 heterocycles. The fourth-order valence-corrected chi connectivity index (χ4v) is 4.10. The summed E-state index contributed by atoms with van der Waals surface area (Å²) < 4.78 is 27.7. The molecular weight excluding hydrogens is 400 g/mol. The summed E-state index contributed by atoms with van der Waals surface area (Å²) in [5.74, 6) is -0.730. The molecule has 4 rings (SSSR count). The highest BCUT2D eigenvalue weighted by atomic mass is 32.2. The number of amides is 1. The Morgan fingerprint density at radius 2 is 2.00 bits per heavy atom. The second-order valence-electron chi connectivity index (χ2n) is 6.72. The van der Waals surface area contributed by atoms with Gasteiger partial charge in [0.2, 0.25) is 5.91 Å². The van der Waals surface area contributed by atoms with E-state index in [1.807, 2.05) is 36.5 Å². The van der Waals surface area contributed by atoms with Crippen LogP contribution in [-0.2, 0) is 24.4 Å². The highest BCUT2D eigenvalue weighted by molar-refractivity contribution is 7.97. The molecule has 2 aromatic heterocycles. The van der Waals surface area contributed by atoms with E-state index in [0.29, 0.717) is 18.0 Å². The Labute approximate surface area is 170 Å². The molecular formula is C19H19F2N5O2S. The molecule has 0 bridgehead atoms. The molecule has 0 saturated heterocycles. The van der Waals surface area contributed by atoms with Gasteiger partial charge in [0.1, 0.15) is 6.54 Å². The lowest BCUT2D eigenvalue weighted by Crippen LogP contribution is -2.32. The monoisotopic (exact) mass is 419 g/mol. The number of alkyl halides is 2. The third kappa shape index (κ3) is 4.33. The molecule has 1 atom stereocenters. The number of carbonyl (C=O) groups is 1. The van der Waals surface area contributed by atoms with Crippen molar-refractivity contribution in [3.63, 3.8) is 0 Å². The summed E-state index contributed by atoms with van der Waals surface area (Å²) in [6.45, 7) is 0.0918. The van der Waals surface area contributed by atoms with Gasteiger partial charge >= 0.3 is 0 Å². The van der Waals surface area contributed by atoms with Gasteiger partial charge in [-0.1, -0.05) is 30.3 Å². The zero-order valence-corrected chi connectivity index (χ0v) is 16.2. The predicted octanol–water partition coefficient (Wildman–Crippen LogP) is 2.52. The molecule has 0 radical (unpaired) electrons. The van der Waals surface area contributed by atoms with Gasteiger partial charge in [-0.2, -0.15) is 10.2 Å². The van der Waals surface area contributed by atoms with E-state index < -0.39 is 18.9 Å². The van der Waals surface area contributed by atoms with Crippen molar-refractivity contribution in [3.05, 3.63) is 65.7 Å². The van der Waals surface area contributed by atoms with Crippen LogP contribution < -0.4 is 0 Å². The minimum absolute atomic E-state index is 0.135. The van der Waals surface area contributed by atoms with E-state index in [2.05, 4.69) is 10.2 Å². The van der Waals surface area contributed by atoms with Crippen LogP contribution >= 0.6 is 11.9 Å². The number of hydrogen-bond donors (Lipinski definition) is 1. The Hall–Kier alpha value is -2.72. The number of halogens is 2. The maximum Gasteiger partial charge on any atom is 0.257 e. The number of fused-ring (bicyclic) bond motifs is 1. The van der Waals surface area contributed by atoms with Crippen molar-refractivity contribution in [1.82, 2.24) is 23.9 Å².